The predicted octanol–water partition coefficient (Wildman–Crippen LogP) is 2.16. The Labute approximate surface area is 147 Å². The molecule has 128 valence electrons. The highest BCUT2D eigenvalue weighted by atomic mass is 35.5. The van der Waals surface area contributed by atoms with Crippen LogP contribution in [0.15, 0.2) is 56.7 Å². The minimum Gasteiger partial charge on any atom is -0.468 e. The largest absolute Gasteiger partial charge is 0.468 e. The van der Waals surface area contributed by atoms with Gasteiger partial charge < -0.3 is 9.73 Å². The van der Waals surface area contributed by atoms with E-state index >= 15 is 0 Å². The fourth-order valence-electron chi connectivity index (χ4n) is 2.94. The maximum Gasteiger partial charge on any atom is 0.334 e. The number of furan rings is 1. The molecule has 3 heterocycles. The number of rotatable bonds is 3. The molecule has 8 heteroatoms. The average Bonchev–Trinajstić information content (AvgIpc) is 3.10. The number of anilines is 1. The minimum atomic E-state index is -0.488. The van der Waals surface area contributed by atoms with Crippen LogP contribution in [0.5, 0.6) is 0 Å². The number of nitrogens with zero attached hydrogens (tertiary/aromatic N) is 2. The molecule has 0 amide bonds. The Bertz CT molecular complexity index is 1010. The van der Waals surface area contributed by atoms with Crippen LogP contribution >= 0.6 is 11.6 Å². The smallest absolute Gasteiger partial charge is 0.334 e. The van der Waals surface area contributed by atoms with Crippen LogP contribution in [0.2, 0.25) is 5.02 Å². The van der Waals surface area contributed by atoms with Gasteiger partial charge >= 0.3 is 5.69 Å². The van der Waals surface area contributed by atoms with E-state index in [1.807, 2.05) is 17.0 Å². The molecular weight excluding hydrogens is 344 g/mol. The van der Waals surface area contributed by atoms with E-state index in [1.165, 1.54) is 4.57 Å². The summed E-state index contributed by atoms with van der Waals surface area (Å²) < 4.78 is 6.81. The minimum absolute atomic E-state index is 0.387. The van der Waals surface area contributed by atoms with Crippen LogP contribution in [0, 0.1) is 0 Å². The fraction of sp³-hybridized carbons (Fsp3) is 0.176. The van der Waals surface area contributed by atoms with Gasteiger partial charge in [0.25, 0.3) is 5.56 Å². The van der Waals surface area contributed by atoms with Gasteiger partial charge in [-0.2, -0.15) is 0 Å². The van der Waals surface area contributed by atoms with Crippen molar-refractivity contribution in [2.45, 2.75) is 13.1 Å². The third-order valence-electron chi connectivity index (χ3n) is 4.10. The Hall–Kier alpha value is -2.77. The normalized spacial score (nSPS) is 14.1. The summed E-state index contributed by atoms with van der Waals surface area (Å²) in [4.78, 5) is 29.0. The summed E-state index contributed by atoms with van der Waals surface area (Å²) in [6.45, 7) is 1.47. The Kier molecular flexibility index (Phi) is 3.95. The molecule has 4 rings (SSSR count). The molecule has 3 aromatic rings. The quantitative estimate of drug-likeness (QED) is 0.749. The van der Waals surface area contributed by atoms with Gasteiger partial charge in [-0.25, -0.2) is 9.36 Å². The molecule has 0 unspecified atom stereocenters. The topological polar surface area (TPSA) is 83.3 Å². The number of hydrogen-bond donors (Lipinski definition) is 2. The molecule has 0 aliphatic carbocycles. The van der Waals surface area contributed by atoms with Crippen molar-refractivity contribution in [2.75, 3.05) is 12.0 Å². The zero-order valence-corrected chi connectivity index (χ0v) is 13.9. The standard InChI is InChI=1S/C17H15ClN4O3/c18-11-3-5-12(6-4-11)22-15-14(16(23)20-17(22)24)9-21(10-19-15)8-13-2-1-7-25-13/h1-7,19H,8-10H2,(H,20,23,24). The zero-order chi connectivity index (χ0) is 17.4. The van der Waals surface area contributed by atoms with Crippen LogP contribution in [0.25, 0.3) is 5.69 Å². The molecule has 0 saturated heterocycles. The highest BCUT2D eigenvalue weighted by molar-refractivity contribution is 6.30. The molecule has 0 atom stereocenters. The average molecular weight is 359 g/mol. The third kappa shape index (κ3) is 2.99. The second kappa shape index (κ2) is 6.27. The van der Waals surface area contributed by atoms with Gasteiger partial charge in [-0.15, -0.1) is 0 Å². The van der Waals surface area contributed by atoms with E-state index in [2.05, 4.69) is 10.3 Å². The van der Waals surface area contributed by atoms with Crippen molar-refractivity contribution in [1.29, 1.82) is 0 Å². The summed E-state index contributed by atoms with van der Waals surface area (Å²) in [5, 5.41) is 3.76. The molecule has 1 aliphatic heterocycles. The lowest BCUT2D eigenvalue weighted by Crippen LogP contribution is -2.42. The molecule has 0 bridgehead atoms. The molecule has 0 saturated carbocycles. The van der Waals surface area contributed by atoms with Gasteiger partial charge in [0.15, 0.2) is 0 Å². The van der Waals surface area contributed by atoms with Gasteiger partial charge in [0.2, 0.25) is 0 Å². The first-order valence-electron chi connectivity index (χ1n) is 7.74. The highest BCUT2D eigenvalue weighted by Gasteiger charge is 2.23. The molecule has 25 heavy (non-hydrogen) atoms. The second-order valence-corrected chi connectivity index (χ2v) is 6.24. The first-order chi connectivity index (χ1) is 12.1. The summed E-state index contributed by atoms with van der Waals surface area (Å²) in [7, 11) is 0. The molecule has 7 nitrogen and oxygen atoms in total. The van der Waals surface area contributed by atoms with Gasteiger partial charge in [-0.05, 0) is 36.4 Å². The Morgan fingerprint density at radius 3 is 2.68 bits per heavy atom. The van der Waals surface area contributed by atoms with Crippen molar-refractivity contribution in [3.63, 3.8) is 0 Å². The van der Waals surface area contributed by atoms with Gasteiger partial charge in [-0.1, -0.05) is 11.6 Å². The molecule has 2 aromatic heterocycles. The second-order valence-electron chi connectivity index (χ2n) is 5.80. The van der Waals surface area contributed by atoms with Crippen molar-refractivity contribution in [1.82, 2.24) is 14.5 Å². The summed E-state index contributed by atoms with van der Waals surface area (Å²) in [6, 6.07) is 10.6. The maximum atomic E-state index is 12.3. The monoisotopic (exact) mass is 358 g/mol. The number of fused-ring (bicyclic) bond motifs is 1. The lowest BCUT2D eigenvalue weighted by molar-refractivity contribution is 0.241. The molecule has 2 N–H and O–H groups in total. The van der Waals surface area contributed by atoms with Gasteiger partial charge in [-0.3, -0.25) is 14.7 Å². The number of H-pyrrole nitrogens is 1. The first-order valence-corrected chi connectivity index (χ1v) is 8.12. The molecular formula is C17H15ClN4O3. The summed E-state index contributed by atoms with van der Waals surface area (Å²) in [6.07, 6.45) is 1.62. The molecule has 1 aliphatic rings. The molecule has 0 radical (unpaired) electrons. The molecule has 0 fully saturated rings. The summed E-state index contributed by atoms with van der Waals surface area (Å²) in [5.74, 6) is 1.32. The van der Waals surface area contributed by atoms with Gasteiger partial charge in [0, 0.05) is 11.6 Å². The van der Waals surface area contributed by atoms with Gasteiger partial charge in [0.1, 0.15) is 11.6 Å². The molecule has 1 aromatic carbocycles. The van der Waals surface area contributed by atoms with Crippen LogP contribution in [0.1, 0.15) is 11.3 Å². The van der Waals surface area contributed by atoms with Crippen LogP contribution in [0.3, 0.4) is 0 Å². The number of nitrogens with one attached hydrogen (secondary N) is 2. The van der Waals surface area contributed by atoms with E-state index in [0.717, 1.165) is 5.76 Å². The third-order valence-corrected chi connectivity index (χ3v) is 4.36. The van der Waals surface area contributed by atoms with E-state index in [4.69, 9.17) is 16.0 Å². The number of aromatic amines is 1. The van der Waals surface area contributed by atoms with E-state index in [-0.39, 0.29) is 5.56 Å². The first kappa shape index (κ1) is 15.7. The lowest BCUT2D eigenvalue weighted by atomic mass is 10.2. The van der Waals surface area contributed by atoms with Crippen LogP contribution in [0.4, 0.5) is 5.82 Å². The Balaban J connectivity index is 1.74. The predicted molar refractivity (Wildman–Crippen MR) is 94.1 cm³/mol. The van der Waals surface area contributed by atoms with Crippen LogP contribution < -0.4 is 16.6 Å². The van der Waals surface area contributed by atoms with Crippen LogP contribution in [-0.4, -0.2) is 21.1 Å². The van der Waals surface area contributed by atoms with E-state index < -0.39 is 5.69 Å². The highest BCUT2D eigenvalue weighted by Crippen LogP contribution is 2.22. The lowest BCUT2D eigenvalue weighted by Gasteiger charge is -2.30. The van der Waals surface area contributed by atoms with Crippen molar-refractivity contribution in [3.05, 3.63) is 79.8 Å². The van der Waals surface area contributed by atoms with Gasteiger partial charge in [0.05, 0.1) is 30.7 Å². The molecule has 0 spiro atoms. The Morgan fingerprint density at radius 2 is 1.96 bits per heavy atom. The number of benzene rings is 1. The number of hydrogen-bond acceptors (Lipinski definition) is 5. The van der Waals surface area contributed by atoms with Crippen LogP contribution in [-0.2, 0) is 13.1 Å². The SMILES string of the molecule is O=c1[nH]c(=O)n(-c2ccc(Cl)cc2)c2c1CN(Cc1ccco1)CN2. The van der Waals surface area contributed by atoms with E-state index in [9.17, 15) is 9.59 Å². The number of aromatic nitrogens is 2. The fourth-order valence-corrected chi connectivity index (χ4v) is 3.07. The Morgan fingerprint density at radius 1 is 1.16 bits per heavy atom. The van der Waals surface area contributed by atoms with E-state index in [0.29, 0.717) is 41.8 Å². The number of halogens is 1. The maximum absolute atomic E-state index is 12.3. The van der Waals surface area contributed by atoms with E-state index in [1.54, 1.807) is 30.5 Å². The summed E-state index contributed by atoms with van der Waals surface area (Å²) >= 11 is 5.92. The summed E-state index contributed by atoms with van der Waals surface area (Å²) in [5.41, 5.74) is 0.265. The van der Waals surface area contributed by atoms with Crippen molar-refractivity contribution >= 4 is 17.4 Å². The van der Waals surface area contributed by atoms with Crippen molar-refractivity contribution in [2.24, 2.45) is 0 Å². The zero-order valence-electron chi connectivity index (χ0n) is 13.2. The van der Waals surface area contributed by atoms with Crippen molar-refractivity contribution < 1.29 is 4.42 Å². The van der Waals surface area contributed by atoms with Crippen molar-refractivity contribution in [3.8, 4) is 5.69 Å².